The molecule has 1 aromatic carbocycles. The molecular formula is C17H26N2O2S. The third kappa shape index (κ3) is 4.40. The lowest BCUT2D eigenvalue weighted by Gasteiger charge is -2.23. The molecule has 22 heavy (non-hydrogen) atoms. The zero-order valence-electron chi connectivity index (χ0n) is 13.5. The third-order valence-corrected chi connectivity index (χ3v) is 5.26. The summed E-state index contributed by atoms with van der Waals surface area (Å²) < 4.78 is 0. The van der Waals surface area contributed by atoms with Crippen LogP contribution >= 0.6 is 11.8 Å². The molecule has 1 heterocycles. The Morgan fingerprint density at radius 2 is 2.09 bits per heavy atom. The van der Waals surface area contributed by atoms with Crippen molar-refractivity contribution in [2.45, 2.75) is 32.3 Å². The van der Waals surface area contributed by atoms with E-state index in [1.54, 1.807) is 11.8 Å². The molecule has 5 heteroatoms. The van der Waals surface area contributed by atoms with Gasteiger partial charge in [0.15, 0.2) is 0 Å². The molecule has 1 aliphatic heterocycles. The van der Waals surface area contributed by atoms with Crippen LogP contribution in [0, 0.1) is 0 Å². The smallest absolute Gasteiger partial charge is 0.251 e. The summed E-state index contributed by atoms with van der Waals surface area (Å²) in [6, 6.07) is 7.70. The van der Waals surface area contributed by atoms with Gasteiger partial charge in [-0.25, -0.2) is 0 Å². The van der Waals surface area contributed by atoms with E-state index in [0.717, 1.165) is 37.4 Å². The molecule has 0 saturated carbocycles. The van der Waals surface area contributed by atoms with Gasteiger partial charge in [0, 0.05) is 36.6 Å². The van der Waals surface area contributed by atoms with Crippen molar-refractivity contribution in [2.75, 3.05) is 36.0 Å². The minimum Gasteiger partial charge on any atom is -0.387 e. The van der Waals surface area contributed by atoms with Crippen LogP contribution in [0.5, 0.6) is 0 Å². The summed E-state index contributed by atoms with van der Waals surface area (Å²) in [5, 5.41) is 13.1. The Morgan fingerprint density at radius 1 is 1.36 bits per heavy atom. The molecule has 1 fully saturated rings. The predicted molar refractivity (Wildman–Crippen MR) is 93.8 cm³/mol. The number of hydrogen-bond acceptors (Lipinski definition) is 4. The van der Waals surface area contributed by atoms with Crippen LogP contribution in [0.4, 0.5) is 5.69 Å². The second kappa shape index (κ2) is 7.88. The quantitative estimate of drug-likeness (QED) is 0.810. The van der Waals surface area contributed by atoms with Gasteiger partial charge in [0.05, 0.1) is 5.60 Å². The Kier molecular flexibility index (Phi) is 6.15. The van der Waals surface area contributed by atoms with E-state index in [1.165, 1.54) is 0 Å². The fourth-order valence-corrected chi connectivity index (χ4v) is 3.94. The van der Waals surface area contributed by atoms with Crippen LogP contribution in [0.1, 0.15) is 37.0 Å². The van der Waals surface area contributed by atoms with Crippen LogP contribution in [0.25, 0.3) is 0 Å². The van der Waals surface area contributed by atoms with Gasteiger partial charge in [0.2, 0.25) is 0 Å². The predicted octanol–water partition coefficient (Wildman–Crippen LogP) is 2.52. The minimum absolute atomic E-state index is 0.115. The van der Waals surface area contributed by atoms with Crippen LogP contribution < -0.4 is 10.2 Å². The molecular weight excluding hydrogens is 296 g/mol. The lowest BCUT2D eigenvalue weighted by molar-refractivity contribution is 0.0612. The summed E-state index contributed by atoms with van der Waals surface area (Å²) in [5.74, 6) is 1.55. The highest BCUT2D eigenvalue weighted by Gasteiger charge is 2.32. The molecule has 1 saturated heterocycles. The van der Waals surface area contributed by atoms with Crippen LogP contribution in [0.3, 0.4) is 0 Å². The van der Waals surface area contributed by atoms with Gasteiger partial charge in [-0.3, -0.25) is 4.79 Å². The first-order valence-electron chi connectivity index (χ1n) is 8.01. The molecule has 0 spiro atoms. The van der Waals surface area contributed by atoms with Gasteiger partial charge in [0.25, 0.3) is 5.91 Å². The van der Waals surface area contributed by atoms with Gasteiger partial charge in [-0.15, -0.1) is 0 Å². The number of rotatable bonds is 7. The molecule has 1 aliphatic rings. The first-order chi connectivity index (χ1) is 10.6. The highest BCUT2D eigenvalue weighted by Crippen LogP contribution is 2.27. The molecule has 1 aromatic rings. The SMILES string of the molecule is CCCN(CC)c1ccc(C(=O)NCC2(O)CCSC2)cc1. The Bertz CT molecular complexity index is 484. The summed E-state index contributed by atoms with van der Waals surface area (Å²) in [7, 11) is 0. The minimum atomic E-state index is -0.736. The molecule has 0 bridgehead atoms. The summed E-state index contributed by atoms with van der Waals surface area (Å²) >= 11 is 1.73. The van der Waals surface area contributed by atoms with E-state index in [9.17, 15) is 9.90 Å². The summed E-state index contributed by atoms with van der Waals surface area (Å²) in [5.41, 5.74) is 1.05. The number of thioether (sulfide) groups is 1. The van der Waals surface area contributed by atoms with Gasteiger partial charge in [-0.1, -0.05) is 6.92 Å². The number of benzene rings is 1. The second-order valence-electron chi connectivity index (χ2n) is 5.84. The molecule has 1 amide bonds. The van der Waals surface area contributed by atoms with Crippen LogP contribution in [0.15, 0.2) is 24.3 Å². The van der Waals surface area contributed by atoms with Crippen molar-refractivity contribution < 1.29 is 9.90 Å². The number of nitrogens with one attached hydrogen (secondary N) is 1. The van der Waals surface area contributed by atoms with E-state index in [4.69, 9.17) is 0 Å². The topological polar surface area (TPSA) is 52.6 Å². The maximum atomic E-state index is 12.2. The van der Waals surface area contributed by atoms with Crippen molar-refractivity contribution in [3.8, 4) is 0 Å². The van der Waals surface area contributed by atoms with Crippen LogP contribution in [0.2, 0.25) is 0 Å². The lowest BCUT2D eigenvalue weighted by atomic mass is 10.0. The van der Waals surface area contributed by atoms with Crippen molar-refractivity contribution in [2.24, 2.45) is 0 Å². The number of carbonyl (C=O) groups is 1. The number of aliphatic hydroxyl groups is 1. The van der Waals surface area contributed by atoms with Crippen LogP contribution in [-0.4, -0.2) is 47.8 Å². The first-order valence-corrected chi connectivity index (χ1v) is 9.17. The fourth-order valence-electron chi connectivity index (χ4n) is 2.65. The zero-order chi connectivity index (χ0) is 16.0. The van der Waals surface area contributed by atoms with Gasteiger partial charge < -0.3 is 15.3 Å². The average molecular weight is 322 g/mol. The van der Waals surface area contributed by atoms with Gasteiger partial charge >= 0.3 is 0 Å². The van der Waals surface area contributed by atoms with Crippen molar-refractivity contribution >= 4 is 23.4 Å². The summed E-state index contributed by atoms with van der Waals surface area (Å²) in [4.78, 5) is 14.5. The van der Waals surface area contributed by atoms with E-state index in [-0.39, 0.29) is 5.91 Å². The lowest BCUT2D eigenvalue weighted by Crippen LogP contribution is -2.42. The largest absolute Gasteiger partial charge is 0.387 e. The van der Waals surface area contributed by atoms with Crippen molar-refractivity contribution in [3.63, 3.8) is 0 Å². The standard InChI is InChI=1S/C17H26N2O2S/c1-3-10-19(4-2)15-7-5-14(6-8-15)16(20)18-12-17(21)9-11-22-13-17/h5-8,21H,3-4,9-13H2,1-2H3,(H,18,20). The number of nitrogens with zero attached hydrogens (tertiary/aromatic N) is 1. The molecule has 4 nitrogen and oxygen atoms in total. The first kappa shape index (κ1) is 17.2. The molecule has 122 valence electrons. The molecule has 1 unspecified atom stereocenters. The highest BCUT2D eigenvalue weighted by molar-refractivity contribution is 7.99. The molecule has 1 atom stereocenters. The Morgan fingerprint density at radius 3 is 2.64 bits per heavy atom. The highest BCUT2D eigenvalue weighted by atomic mass is 32.2. The number of anilines is 1. The molecule has 0 aromatic heterocycles. The fraction of sp³-hybridized carbons (Fsp3) is 0.588. The molecule has 0 radical (unpaired) electrons. The number of carbonyl (C=O) groups excluding carboxylic acids is 1. The Hall–Kier alpha value is -1.20. The Balaban J connectivity index is 1.93. The van der Waals surface area contributed by atoms with Gasteiger partial charge in [0.1, 0.15) is 0 Å². The van der Waals surface area contributed by atoms with Crippen molar-refractivity contribution in [1.29, 1.82) is 0 Å². The van der Waals surface area contributed by atoms with Crippen molar-refractivity contribution in [1.82, 2.24) is 5.32 Å². The van der Waals surface area contributed by atoms with E-state index < -0.39 is 5.60 Å². The molecule has 2 rings (SSSR count). The van der Waals surface area contributed by atoms with E-state index in [0.29, 0.717) is 17.9 Å². The third-order valence-electron chi connectivity index (χ3n) is 4.03. The zero-order valence-corrected chi connectivity index (χ0v) is 14.3. The van der Waals surface area contributed by atoms with E-state index in [1.807, 2.05) is 24.3 Å². The normalized spacial score (nSPS) is 20.9. The van der Waals surface area contributed by atoms with Crippen molar-refractivity contribution in [3.05, 3.63) is 29.8 Å². The average Bonchev–Trinajstić information content (AvgIpc) is 2.98. The molecule has 0 aliphatic carbocycles. The molecule has 2 N–H and O–H groups in total. The monoisotopic (exact) mass is 322 g/mol. The van der Waals surface area contributed by atoms with Crippen LogP contribution in [-0.2, 0) is 0 Å². The Labute approximate surface area is 137 Å². The van der Waals surface area contributed by atoms with Gasteiger partial charge in [-0.2, -0.15) is 11.8 Å². The number of hydrogen-bond donors (Lipinski definition) is 2. The van der Waals surface area contributed by atoms with Gasteiger partial charge in [-0.05, 0) is 49.8 Å². The maximum Gasteiger partial charge on any atom is 0.251 e. The van der Waals surface area contributed by atoms with E-state index >= 15 is 0 Å². The summed E-state index contributed by atoms with van der Waals surface area (Å²) in [6.07, 6.45) is 1.85. The summed E-state index contributed by atoms with van der Waals surface area (Å²) in [6.45, 7) is 6.61. The second-order valence-corrected chi connectivity index (χ2v) is 6.94. The van der Waals surface area contributed by atoms with E-state index in [2.05, 4.69) is 24.1 Å². The maximum absolute atomic E-state index is 12.2. The number of amides is 1.